The predicted molar refractivity (Wildman–Crippen MR) is 51.4 cm³/mol. The van der Waals surface area contributed by atoms with Crippen LogP contribution in [-0.2, 0) is 4.74 Å². The Hall–Kier alpha value is -0.970. The van der Waals surface area contributed by atoms with Gasteiger partial charge in [-0.1, -0.05) is 0 Å². The topological polar surface area (TPSA) is 49.9 Å². The lowest BCUT2D eigenvalue weighted by molar-refractivity contribution is 0.0880. The molecule has 1 heterocycles. The average Bonchev–Trinajstić information content (AvgIpc) is 2.18. The van der Waals surface area contributed by atoms with E-state index >= 15 is 0 Å². The number of carbonyl (C=O) groups is 2. The molecule has 5 nitrogen and oxygen atoms in total. The maximum absolute atomic E-state index is 11.2. The summed E-state index contributed by atoms with van der Waals surface area (Å²) in [5.41, 5.74) is 0. The van der Waals surface area contributed by atoms with Crippen molar-refractivity contribution in [2.24, 2.45) is 0 Å². The molecule has 0 bridgehead atoms. The van der Waals surface area contributed by atoms with Gasteiger partial charge in [0.1, 0.15) is 0 Å². The Morgan fingerprint density at radius 3 is 2.14 bits per heavy atom. The molecule has 1 aliphatic heterocycles. The molecule has 80 valence electrons. The smallest absolute Gasteiger partial charge is 0.409 e. The molecule has 1 saturated heterocycles. The van der Waals surface area contributed by atoms with Gasteiger partial charge in [-0.05, 0) is 18.5 Å². The average molecular weight is 221 g/mol. The van der Waals surface area contributed by atoms with Crippen molar-refractivity contribution in [1.82, 2.24) is 9.80 Å². The molecule has 0 aliphatic carbocycles. The molecule has 0 aromatic heterocycles. The van der Waals surface area contributed by atoms with Crippen molar-refractivity contribution in [1.29, 1.82) is 0 Å². The molecule has 0 aromatic rings. The summed E-state index contributed by atoms with van der Waals surface area (Å²) in [6.07, 6.45) is -0.325. The van der Waals surface area contributed by atoms with Crippen molar-refractivity contribution in [3.8, 4) is 0 Å². The monoisotopic (exact) mass is 220 g/mol. The fourth-order valence-corrected chi connectivity index (χ4v) is 1.45. The third-order valence-corrected chi connectivity index (χ3v) is 2.29. The Morgan fingerprint density at radius 1 is 1.21 bits per heavy atom. The maximum Gasteiger partial charge on any atom is 0.409 e. The summed E-state index contributed by atoms with van der Waals surface area (Å²) in [4.78, 5) is 25.1. The van der Waals surface area contributed by atoms with Crippen LogP contribution in [0, 0.1) is 0 Å². The summed E-state index contributed by atoms with van der Waals surface area (Å²) in [6.45, 7) is 4.04. The first-order chi connectivity index (χ1) is 6.65. The van der Waals surface area contributed by atoms with Gasteiger partial charge < -0.3 is 14.5 Å². The third-order valence-electron chi connectivity index (χ3n) is 2.05. The number of hydrogen-bond donors (Lipinski definition) is 0. The maximum atomic E-state index is 11.2. The number of carbonyl (C=O) groups excluding carboxylic acids is 2. The SMILES string of the molecule is CCOC(=O)N1CCN(C(=O)Cl)CC1. The molecule has 6 heteroatoms. The van der Waals surface area contributed by atoms with Crippen LogP contribution in [0.2, 0.25) is 0 Å². The number of rotatable bonds is 1. The summed E-state index contributed by atoms with van der Waals surface area (Å²) in [6, 6.07) is 0. The van der Waals surface area contributed by atoms with Gasteiger partial charge in [0.15, 0.2) is 0 Å². The fraction of sp³-hybridized carbons (Fsp3) is 0.750. The molecule has 0 N–H and O–H groups in total. The number of nitrogens with zero attached hydrogens (tertiary/aromatic N) is 2. The summed E-state index contributed by atoms with van der Waals surface area (Å²) in [5, 5.41) is -0.464. The standard InChI is InChI=1S/C8H13ClN2O3/c1-2-14-8(13)11-5-3-10(4-6-11)7(9)12/h2-6H2,1H3. The first kappa shape index (κ1) is 11.1. The normalized spacial score (nSPS) is 16.7. The van der Waals surface area contributed by atoms with Crippen LogP contribution in [0.3, 0.4) is 0 Å². The lowest BCUT2D eigenvalue weighted by Gasteiger charge is -2.32. The van der Waals surface area contributed by atoms with Gasteiger partial charge >= 0.3 is 11.5 Å². The largest absolute Gasteiger partial charge is 0.450 e. The molecule has 0 unspecified atom stereocenters. The molecule has 14 heavy (non-hydrogen) atoms. The van der Waals surface area contributed by atoms with Gasteiger partial charge in [0.25, 0.3) is 0 Å². The summed E-state index contributed by atoms with van der Waals surface area (Å²) in [7, 11) is 0. The Kier molecular flexibility index (Phi) is 4.00. The second-order valence-corrected chi connectivity index (χ2v) is 3.25. The lowest BCUT2D eigenvalue weighted by Crippen LogP contribution is -2.49. The highest BCUT2D eigenvalue weighted by Crippen LogP contribution is 2.05. The number of piperazine rings is 1. The van der Waals surface area contributed by atoms with Gasteiger partial charge in [-0.15, -0.1) is 0 Å². The van der Waals surface area contributed by atoms with E-state index in [-0.39, 0.29) is 6.09 Å². The quantitative estimate of drug-likeness (QED) is 0.492. The van der Waals surface area contributed by atoms with Gasteiger partial charge in [-0.2, -0.15) is 0 Å². The Morgan fingerprint density at radius 2 is 1.71 bits per heavy atom. The zero-order chi connectivity index (χ0) is 10.6. The first-order valence-electron chi connectivity index (χ1n) is 4.51. The van der Waals surface area contributed by atoms with Gasteiger partial charge in [-0.3, -0.25) is 4.79 Å². The zero-order valence-corrected chi connectivity index (χ0v) is 8.79. The molecule has 0 atom stereocenters. The first-order valence-corrected chi connectivity index (χ1v) is 4.89. The molecule has 0 saturated carbocycles. The van der Waals surface area contributed by atoms with E-state index in [9.17, 15) is 9.59 Å². The summed E-state index contributed by atoms with van der Waals surface area (Å²) >= 11 is 5.30. The minimum Gasteiger partial charge on any atom is -0.450 e. The van der Waals surface area contributed by atoms with Gasteiger partial charge in [-0.25, -0.2) is 4.79 Å². The van der Waals surface area contributed by atoms with E-state index in [1.54, 1.807) is 11.8 Å². The molecule has 2 amide bonds. The Labute approximate surface area is 87.5 Å². The third kappa shape index (κ3) is 2.77. The van der Waals surface area contributed by atoms with E-state index in [1.165, 1.54) is 4.90 Å². The second kappa shape index (κ2) is 5.05. The molecular weight excluding hydrogens is 208 g/mol. The van der Waals surface area contributed by atoms with E-state index < -0.39 is 5.37 Å². The highest BCUT2D eigenvalue weighted by atomic mass is 35.5. The minimum atomic E-state index is -0.464. The van der Waals surface area contributed by atoms with Crippen molar-refractivity contribution in [2.45, 2.75) is 6.92 Å². The summed E-state index contributed by atoms with van der Waals surface area (Å²) < 4.78 is 4.83. The van der Waals surface area contributed by atoms with Crippen molar-refractivity contribution >= 4 is 23.1 Å². The van der Waals surface area contributed by atoms with Crippen LogP contribution in [0.15, 0.2) is 0 Å². The van der Waals surface area contributed by atoms with E-state index in [2.05, 4.69) is 0 Å². The van der Waals surface area contributed by atoms with E-state index in [0.717, 1.165) is 0 Å². The van der Waals surface area contributed by atoms with Crippen LogP contribution in [0.1, 0.15) is 6.92 Å². The van der Waals surface area contributed by atoms with Crippen molar-refractivity contribution < 1.29 is 14.3 Å². The van der Waals surface area contributed by atoms with E-state index in [0.29, 0.717) is 32.8 Å². The number of hydrogen-bond acceptors (Lipinski definition) is 3. The van der Waals surface area contributed by atoms with E-state index in [4.69, 9.17) is 16.3 Å². The summed E-state index contributed by atoms with van der Waals surface area (Å²) in [5.74, 6) is 0. The Bertz CT molecular complexity index is 227. The van der Waals surface area contributed by atoms with E-state index in [1.807, 2.05) is 0 Å². The molecule has 0 spiro atoms. The second-order valence-electron chi connectivity index (χ2n) is 2.93. The predicted octanol–water partition coefficient (Wildman–Crippen LogP) is 1.12. The van der Waals surface area contributed by atoms with Crippen LogP contribution in [0.25, 0.3) is 0 Å². The highest BCUT2D eigenvalue weighted by molar-refractivity contribution is 6.62. The number of ether oxygens (including phenoxy) is 1. The van der Waals surface area contributed by atoms with Crippen LogP contribution in [0.4, 0.5) is 9.59 Å². The molecule has 1 aliphatic rings. The highest BCUT2D eigenvalue weighted by Gasteiger charge is 2.23. The molecular formula is C8H13ClN2O3. The van der Waals surface area contributed by atoms with Crippen molar-refractivity contribution in [3.05, 3.63) is 0 Å². The van der Waals surface area contributed by atoms with Crippen molar-refractivity contribution in [2.75, 3.05) is 32.8 Å². The van der Waals surface area contributed by atoms with Crippen molar-refractivity contribution in [3.63, 3.8) is 0 Å². The Balaban J connectivity index is 2.35. The molecule has 0 aromatic carbocycles. The lowest BCUT2D eigenvalue weighted by atomic mass is 10.3. The fourth-order valence-electron chi connectivity index (χ4n) is 1.28. The minimum absolute atomic E-state index is 0.325. The molecule has 0 radical (unpaired) electrons. The molecule has 1 rings (SSSR count). The number of amides is 2. The zero-order valence-electron chi connectivity index (χ0n) is 8.03. The van der Waals surface area contributed by atoms with Crippen LogP contribution in [-0.4, -0.2) is 54.0 Å². The van der Waals surface area contributed by atoms with Gasteiger partial charge in [0.2, 0.25) is 0 Å². The number of halogens is 1. The van der Waals surface area contributed by atoms with Crippen LogP contribution >= 0.6 is 11.6 Å². The van der Waals surface area contributed by atoms with Gasteiger partial charge in [0.05, 0.1) is 6.61 Å². The van der Waals surface area contributed by atoms with Crippen LogP contribution in [0.5, 0.6) is 0 Å². The molecule has 1 fully saturated rings. The van der Waals surface area contributed by atoms with Gasteiger partial charge in [0, 0.05) is 26.2 Å². The van der Waals surface area contributed by atoms with Crippen LogP contribution < -0.4 is 0 Å².